The van der Waals surface area contributed by atoms with Crippen molar-refractivity contribution in [3.63, 3.8) is 0 Å². The molecular weight excluding hydrogens is 312 g/mol. The van der Waals surface area contributed by atoms with Gasteiger partial charge in [-0.15, -0.1) is 0 Å². The molecule has 0 N–H and O–H groups in total. The van der Waals surface area contributed by atoms with Crippen molar-refractivity contribution in [1.82, 2.24) is 0 Å². The standard InChI is InChI=1S/C26H14/c1-2-4-20-14-22-21(13-19(20)3-1)23-15-5-9-17(10-6-15)25(23)26-18-11-7-16(8-12-18)24(22)26/h1-14H. The van der Waals surface area contributed by atoms with Gasteiger partial charge >= 0.3 is 0 Å². The zero-order valence-corrected chi connectivity index (χ0v) is 14.1. The van der Waals surface area contributed by atoms with E-state index in [1.54, 1.807) is 0 Å². The summed E-state index contributed by atoms with van der Waals surface area (Å²) in [6, 6.07) is 31.6. The molecule has 0 heterocycles. The van der Waals surface area contributed by atoms with Crippen molar-refractivity contribution in [1.29, 1.82) is 0 Å². The quantitative estimate of drug-likeness (QED) is 0.200. The van der Waals surface area contributed by atoms with Gasteiger partial charge in [-0.05, 0) is 76.8 Å². The van der Waals surface area contributed by atoms with Crippen LogP contribution in [0.2, 0.25) is 0 Å². The van der Waals surface area contributed by atoms with Crippen LogP contribution in [0, 0.1) is 0 Å². The van der Waals surface area contributed by atoms with E-state index in [1.807, 2.05) is 0 Å². The van der Waals surface area contributed by atoms with Crippen LogP contribution in [0.3, 0.4) is 0 Å². The van der Waals surface area contributed by atoms with Crippen LogP contribution in [0.15, 0.2) is 84.9 Å². The van der Waals surface area contributed by atoms with E-state index in [0.29, 0.717) is 0 Å². The van der Waals surface area contributed by atoms with E-state index in [0.717, 1.165) is 0 Å². The van der Waals surface area contributed by atoms with Gasteiger partial charge in [0.2, 0.25) is 0 Å². The molecule has 0 amide bonds. The molecule has 0 aromatic heterocycles. The molecule has 0 radical (unpaired) electrons. The van der Waals surface area contributed by atoms with Crippen LogP contribution in [0.4, 0.5) is 0 Å². The summed E-state index contributed by atoms with van der Waals surface area (Å²) < 4.78 is 0. The van der Waals surface area contributed by atoms with Crippen LogP contribution < -0.4 is 0 Å². The Kier molecular flexibility index (Phi) is 2.10. The predicted octanol–water partition coefficient (Wildman–Crippen LogP) is 7.48. The summed E-state index contributed by atoms with van der Waals surface area (Å²) in [5.41, 5.74) is 0. The van der Waals surface area contributed by atoms with Gasteiger partial charge in [0.15, 0.2) is 0 Å². The Labute approximate surface area is 149 Å². The van der Waals surface area contributed by atoms with Gasteiger partial charge in [-0.1, -0.05) is 72.8 Å². The van der Waals surface area contributed by atoms with E-state index in [2.05, 4.69) is 84.9 Å². The fraction of sp³-hybridized carbons (Fsp3) is 0. The maximum atomic E-state index is 2.39. The maximum Gasteiger partial charge on any atom is -0.00141 e. The summed E-state index contributed by atoms with van der Waals surface area (Å²) in [5, 5.41) is 16.4. The smallest absolute Gasteiger partial charge is 0.00141 e. The van der Waals surface area contributed by atoms with Gasteiger partial charge in [-0.3, -0.25) is 0 Å². The second-order valence-corrected chi connectivity index (χ2v) is 7.40. The van der Waals surface area contributed by atoms with Crippen LogP contribution >= 0.6 is 0 Å². The third-order valence-corrected chi connectivity index (χ3v) is 6.10. The molecule has 4 bridgehead atoms. The Morgan fingerprint density at radius 2 is 0.654 bits per heavy atom. The van der Waals surface area contributed by atoms with Gasteiger partial charge in [-0.2, -0.15) is 0 Å². The van der Waals surface area contributed by atoms with Crippen molar-refractivity contribution in [3.8, 4) is 0 Å². The molecule has 26 heavy (non-hydrogen) atoms. The van der Waals surface area contributed by atoms with Crippen molar-refractivity contribution in [3.05, 3.63) is 84.9 Å². The SMILES string of the molecule is c1ccc2cc3c(cc2c1)c1c2ccc(cc2)c1c1c2ccc(cc2)c31. The molecule has 0 atom stereocenters. The van der Waals surface area contributed by atoms with Gasteiger partial charge in [0.1, 0.15) is 0 Å². The van der Waals surface area contributed by atoms with E-state index in [9.17, 15) is 0 Å². The molecule has 9 aromatic rings. The van der Waals surface area contributed by atoms with Gasteiger partial charge < -0.3 is 0 Å². The number of benzene rings is 9. The second kappa shape index (κ2) is 4.23. The molecule has 0 spiro atoms. The van der Waals surface area contributed by atoms with Crippen molar-refractivity contribution >= 4 is 64.6 Å². The highest BCUT2D eigenvalue weighted by Crippen LogP contribution is 2.45. The van der Waals surface area contributed by atoms with Crippen molar-refractivity contribution < 1.29 is 0 Å². The minimum atomic E-state index is 1.31. The molecule has 0 fully saturated rings. The van der Waals surface area contributed by atoms with Crippen LogP contribution in [0.5, 0.6) is 0 Å². The molecule has 0 saturated heterocycles. The first-order chi connectivity index (χ1) is 12.9. The van der Waals surface area contributed by atoms with E-state index in [-0.39, 0.29) is 0 Å². The minimum absolute atomic E-state index is 1.31. The van der Waals surface area contributed by atoms with Crippen LogP contribution in [-0.2, 0) is 0 Å². The fourth-order valence-electron chi connectivity index (χ4n) is 4.96. The number of rotatable bonds is 0. The second-order valence-electron chi connectivity index (χ2n) is 7.40. The topological polar surface area (TPSA) is 0 Å². The summed E-state index contributed by atoms with van der Waals surface area (Å²) in [6.07, 6.45) is 0. The molecule has 0 nitrogen and oxygen atoms in total. The third-order valence-electron chi connectivity index (χ3n) is 6.10. The molecule has 0 aliphatic heterocycles. The summed E-state index contributed by atoms with van der Waals surface area (Å²) in [4.78, 5) is 0. The highest BCUT2D eigenvalue weighted by Gasteiger charge is 2.17. The van der Waals surface area contributed by atoms with Gasteiger partial charge in [-0.25, -0.2) is 0 Å². The first-order valence-electron chi connectivity index (χ1n) is 9.12. The van der Waals surface area contributed by atoms with Gasteiger partial charge in [0.05, 0.1) is 0 Å². The first kappa shape index (κ1) is 12.9. The molecular formula is C26H14. The summed E-state index contributed by atoms with van der Waals surface area (Å²) in [7, 11) is 0. The predicted molar refractivity (Wildman–Crippen MR) is 114 cm³/mol. The number of hydrogen-bond donors (Lipinski definition) is 0. The lowest BCUT2D eigenvalue weighted by Crippen LogP contribution is -1.90. The van der Waals surface area contributed by atoms with E-state index >= 15 is 0 Å². The lowest BCUT2D eigenvalue weighted by molar-refractivity contribution is 1.79. The summed E-state index contributed by atoms with van der Waals surface area (Å²) in [6.45, 7) is 0. The highest BCUT2D eigenvalue weighted by atomic mass is 14.2. The Balaban J connectivity index is 1.97. The molecule has 0 saturated carbocycles. The monoisotopic (exact) mass is 326 g/mol. The average molecular weight is 326 g/mol. The average Bonchev–Trinajstić information content (AvgIpc) is 2.73. The number of fused-ring (bicyclic) bond motifs is 6. The first-order valence-corrected chi connectivity index (χ1v) is 9.12. The molecule has 0 aliphatic carbocycles. The van der Waals surface area contributed by atoms with Crippen molar-refractivity contribution in [2.24, 2.45) is 0 Å². The van der Waals surface area contributed by atoms with Gasteiger partial charge in [0.25, 0.3) is 0 Å². The third kappa shape index (κ3) is 1.39. The fourth-order valence-corrected chi connectivity index (χ4v) is 4.96. The highest BCUT2D eigenvalue weighted by molar-refractivity contribution is 6.40. The van der Waals surface area contributed by atoms with Crippen molar-refractivity contribution in [2.75, 3.05) is 0 Å². The lowest BCUT2D eigenvalue weighted by atomic mass is 9.85. The lowest BCUT2D eigenvalue weighted by Gasteiger charge is -2.18. The zero-order chi connectivity index (χ0) is 16.8. The van der Waals surface area contributed by atoms with E-state index in [1.165, 1.54) is 64.6 Å². The largest absolute Gasteiger partial charge is 0.0616 e. The normalized spacial score (nSPS) is 12.6. The minimum Gasteiger partial charge on any atom is -0.0616 e. The zero-order valence-electron chi connectivity index (χ0n) is 14.1. The number of hydrogen-bond acceptors (Lipinski definition) is 0. The molecule has 9 rings (SSSR count). The summed E-state index contributed by atoms with van der Waals surface area (Å²) in [5.74, 6) is 0. The Bertz CT molecular complexity index is 1450. The maximum absolute atomic E-state index is 2.39. The Morgan fingerprint density at radius 1 is 0.308 bits per heavy atom. The molecule has 0 unspecified atom stereocenters. The Morgan fingerprint density at radius 3 is 1.04 bits per heavy atom. The van der Waals surface area contributed by atoms with Gasteiger partial charge in [0, 0.05) is 0 Å². The van der Waals surface area contributed by atoms with E-state index in [4.69, 9.17) is 0 Å². The molecule has 0 heteroatoms. The van der Waals surface area contributed by atoms with Crippen LogP contribution in [-0.4, -0.2) is 0 Å². The van der Waals surface area contributed by atoms with Crippen LogP contribution in [0.25, 0.3) is 64.6 Å². The van der Waals surface area contributed by atoms with Crippen LogP contribution in [0.1, 0.15) is 0 Å². The summed E-state index contributed by atoms with van der Waals surface area (Å²) >= 11 is 0. The Hall–Kier alpha value is -3.38. The van der Waals surface area contributed by atoms with Crippen molar-refractivity contribution in [2.45, 2.75) is 0 Å². The molecule has 0 aliphatic rings. The molecule has 9 aromatic carbocycles. The molecule has 118 valence electrons. The van der Waals surface area contributed by atoms with E-state index < -0.39 is 0 Å².